The van der Waals surface area contributed by atoms with Crippen LogP contribution < -0.4 is 10.2 Å². The van der Waals surface area contributed by atoms with Gasteiger partial charge in [-0.15, -0.1) is 0 Å². The zero-order chi connectivity index (χ0) is 19.2. The summed E-state index contributed by atoms with van der Waals surface area (Å²) < 4.78 is 0. The van der Waals surface area contributed by atoms with Gasteiger partial charge in [0.05, 0.1) is 4.99 Å². The molecule has 1 N–H and O–H groups in total. The molecule has 0 heterocycles. The molecule has 1 aromatic carbocycles. The van der Waals surface area contributed by atoms with Gasteiger partial charge in [-0.25, -0.2) is 0 Å². The van der Waals surface area contributed by atoms with Gasteiger partial charge in [-0.2, -0.15) is 0 Å². The van der Waals surface area contributed by atoms with Crippen molar-refractivity contribution < 1.29 is 0 Å². The molecule has 0 aliphatic heterocycles. The van der Waals surface area contributed by atoms with Crippen molar-refractivity contribution in [3.05, 3.63) is 30.3 Å². The second-order valence-electron chi connectivity index (χ2n) is 9.20. The molecular formula is C24H38N2S. The molecule has 3 rings (SSSR count). The van der Waals surface area contributed by atoms with E-state index in [1.54, 1.807) is 0 Å². The molecule has 27 heavy (non-hydrogen) atoms. The molecule has 0 bridgehead atoms. The molecule has 0 radical (unpaired) electrons. The minimum Gasteiger partial charge on any atom is -0.332 e. The maximum Gasteiger partial charge on any atom is 0.0966 e. The topological polar surface area (TPSA) is 15.3 Å². The predicted molar refractivity (Wildman–Crippen MR) is 122 cm³/mol. The maximum absolute atomic E-state index is 6.00. The fourth-order valence-electron chi connectivity index (χ4n) is 5.23. The zero-order valence-corrected chi connectivity index (χ0v) is 18.3. The fourth-order valence-corrected chi connectivity index (χ4v) is 5.56. The first kappa shape index (κ1) is 20.8. The highest BCUT2D eigenvalue weighted by Crippen LogP contribution is 2.33. The van der Waals surface area contributed by atoms with Crippen LogP contribution in [0.3, 0.4) is 0 Å². The Morgan fingerprint density at radius 1 is 1.07 bits per heavy atom. The quantitative estimate of drug-likeness (QED) is 0.586. The van der Waals surface area contributed by atoms with Crippen molar-refractivity contribution in [2.75, 3.05) is 11.4 Å². The van der Waals surface area contributed by atoms with Crippen LogP contribution in [0.2, 0.25) is 0 Å². The van der Waals surface area contributed by atoms with E-state index < -0.39 is 0 Å². The molecule has 2 aliphatic carbocycles. The molecule has 0 amide bonds. The van der Waals surface area contributed by atoms with Crippen LogP contribution >= 0.6 is 12.2 Å². The summed E-state index contributed by atoms with van der Waals surface area (Å²) in [5.41, 5.74) is 1.27. The Labute approximate surface area is 172 Å². The van der Waals surface area contributed by atoms with Gasteiger partial charge in [0, 0.05) is 24.3 Å². The molecule has 2 aliphatic rings. The zero-order valence-electron chi connectivity index (χ0n) is 17.5. The van der Waals surface area contributed by atoms with Crippen LogP contribution in [0.15, 0.2) is 30.3 Å². The van der Waals surface area contributed by atoms with Crippen LogP contribution in [0.4, 0.5) is 5.69 Å². The monoisotopic (exact) mass is 386 g/mol. The number of anilines is 1. The summed E-state index contributed by atoms with van der Waals surface area (Å²) in [6.07, 6.45) is 10.6. The van der Waals surface area contributed by atoms with Crippen LogP contribution in [0.5, 0.6) is 0 Å². The molecule has 2 fully saturated rings. The third-order valence-corrected chi connectivity index (χ3v) is 7.12. The first-order valence-corrected chi connectivity index (χ1v) is 11.6. The van der Waals surface area contributed by atoms with Crippen molar-refractivity contribution in [3.8, 4) is 0 Å². The highest BCUT2D eigenvalue weighted by atomic mass is 32.1. The summed E-state index contributed by atoms with van der Waals surface area (Å²) in [5.74, 6) is 2.35. The molecule has 1 unspecified atom stereocenters. The first-order valence-electron chi connectivity index (χ1n) is 11.2. The number of rotatable bonds is 6. The van der Waals surface area contributed by atoms with Crippen molar-refractivity contribution in [3.63, 3.8) is 0 Å². The van der Waals surface area contributed by atoms with E-state index in [0.29, 0.717) is 12.1 Å². The molecule has 2 saturated carbocycles. The van der Waals surface area contributed by atoms with E-state index in [1.165, 1.54) is 57.1 Å². The summed E-state index contributed by atoms with van der Waals surface area (Å²) in [4.78, 5) is 3.55. The van der Waals surface area contributed by atoms with E-state index in [0.717, 1.165) is 29.3 Å². The number of nitrogens with zero attached hydrogens (tertiary/aromatic N) is 1. The Bertz CT molecular complexity index is 579. The van der Waals surface area contributed by atoms with E-state index in [4.69, 9.17) is 12.2 Å². The largest absolute Gasteiger partial charge is 0.332 e. The van der Waals surface area contributed by atoms with Crippen LogP contribution in [-0.2, 0) is 0 Å². The standard InChI is InChI=1S/C24H38N2S/c1-18(2)22-15-14-19(3)16-23(22)25-17-24(27)26(20-10-6-4-7-11-20)21-12-8-5-9-13-21/h4,6-7,10-11,18-19,21-23,25H,5,8-9,12-17H2,1-3H3/t19-,22+,23?/m0/s1. The fraction of sp³-hybridized carbons (Fsp3) is 0.708. The normalized spacial score (nSPS) is 26.9. The van der Waals surface area contributed by atoms with Crippen molar-refractivity contribution in [2.24, 2.45) is 17.8 Å². The molecule has 1 aromatic rings. The number of para-hydroxylation sites is 1. The third kappa shape index (κ3) is 5.54. The molecule has 0 spiro atoms. The van der Waals surface area contributed by atoms with E-state index >= 15 is 0 Å². The summed E-state index contributed by atoms with van der Waals surface area (Å²) >= 11 is 6.00. The summed E-state index contributed by atoms with van der Waals surface area (Å²) in [5, 5.41) is 3.89. The molecule has 3 atom stereocenters. The van der Waals surface area contributed by atoms with Crippen molar-refractivity contribution in [1.82, 2.24) is 5.32 Å². The SMILES string of the molecule is CC(C)[C@H]1CC[C@H](C)CC1NCC(=S)N(c1ccccc1)C1CCCCC1. The molecular weight excluding hydrogens is 348 g/mol. The number of hydrogen-bond donors (Lipinski definition) is 1. The van der Waals surface area contributed by atoms with Crippen LogP contribution in [0.1, 0.15) is 72.1 Å². The van der Waals surface area contributed by atoms with Gasteiger partial charge >= 0.3 is 0 Å². The number of thiocarbonyl (C=S) groups is 1. The second kappa shape index (κ2) is 10.0. The summed E-state index contributed by atoms with van der Waals surface area (Å²) in [6, 6.07) is 12.0. The van der Waals surface area contributed by atoms with E-state index in [2.05, 4.69) is 61.3 Å². The van der Waals surface area contributed by atoms with Gasteiger partial charge in [-0.3, -0.25) is 0 Å². The van der Waals surface area contributed by atoms with Crippen LogP contribution in [0.25, 0.3) is 0 Å². The molecule has 0 saturated heterocycles. The lowest BCUT2D eigenvalue weighted by atomic mass is 9.74. The van der Waals surface area contributed by atoms with Crippen molar-refractivity contribution in [2.45, 2.75) is 84.2 Å². The van der Waals surface area contributed by atoms with Gasteiger partial charge in [0.2, 0.25) is 0 Å². The van der Waals surface area contributed by atoms with Crippen LogP contribution in [-0.4, -0.2) is 23.6 Å². The Hall–Kier alpha value is -0.930. The summed E-state index contributed by atoms with van der Waals surface area (Å²) in [7, 11) is 0. The maximum atomic E-state index is 6.00. The van der Waals surface area contributed by atoms with Gasteiger partial charge in [0.15, 0.2) is 0 Å². The lowest BCUT2D eigenvalue weighted by molar-refractivity contribution is 0.174. The predicted octanol–water partition coefficient (Wildman–Crippen LogP) is 6.20. The Morgan fingerprint density at radius 2 is 1.78 bits per heavy atom. The highest BCUT2D eigenvalue weighted by molar-refractivity contribution is 7.80. The molecule has 3 heteroatoms. The Morgan fingerprint density at radius 3 is 2.44 bits per heavy atom. The van der Waals surface area contributed by atoms with Gasteiger partial charge in [0.1, 0.15) is 0 Å². The third-order valence-electron chi connectivity index (χ3n) is 6.78. The van der Waals surface area contributed by atoms with E-state index in [-0.39, 0.29) is 0 Å². The average Bonchev–Trinajstić information content (AvgIpc) is 2.68. The minimum atomic E-state index is 0.571. The van der Waals surface area contributed by atoms with E-state index in [9.17, 15) is 0 Å². The van der Waals surface area contributed by atoms with Crippen LogP contribution in [0, 0.1) is 17.8 Å². The lowest BCUT2D eigenvalue weighted by Crippen LogP contribution is -2.49. The lowest BCUT2D eigenvalue weighted by Gasteiger charge is -2.40. The number of nitrogens with one attached hydrogen (secondary N) is 1. The highest BCUT2D eigenvalue weighted by Gasteiger charge is 2.31. The van der Waals surface area contributed by atoms with Gasteiger partial charge in [0.25, 0.3) is 0 Å². The molecule has 0 aromatic heterocycles. The first-order chi connectivity index (χ1) is 13.1. The number of benzene rings is 1. The van der Waals surface area contributed by atoms with Gasteiger partial charge < -0.3 is 10.2 Å². The van der Waals surface area contributed by atoms with Gasteiger partial charge in [-0.05, 0) is 55.6 Å². The van der Waals surface area contributed by atoms with Gasteiger partial charge in [-0.1, -0.05) is 76.9 Å². The smallest absolute Gasteiger partial charge is 0.0966 e. The Kier molecular flexibility index (Phi) is 7.72. The van der Waals surface area contributed by atoms with E-state index in [1.807, 2.05) is 0 Å². The molecule has 2 nitrogen and oxygen atoms in total. The number of hydrogen-bond acceptors (Lipinski definition) is 2. The minimum absolute atomic E-state index is 0.571. The summed E-state index contributed by atoms with van der Waals surface area (Å²) in [6.45, 7) is 8.00. The average molecular weight is 387 g/mol. The second-order valence-corrected chi connectivity index (χ2v) is 9.68. The van der Waals surface area contributed by atoms with Crippen molar-refractivity contribution >= 4 is 22.9 Å². The molecule has 150 valence electrons. The van der Waals surface area contributed by atoms with Crippen molar-refractivity contribution in [1.29, 1.82) is 0 Å². The Balaban J connectivity index is 1.68.